The number of aliphatic hydroxyl groups excluding tert-OH is 5. The van der Waals surface area contributed by atoms with E-state index in [4.69, 9.17) is 26.9 Å². The van der Waals surface area contributed by atoms with Crippen molar-refractivity contribution in [2.24, 2.45) is 0 Å². The lowest BCUT2D eigenvalue weighted by molar-refractivity contribution is -0.118. The van der Waals surface area contributed by atoms with E-state index in [1.165, 1.54) is 0 Å². The lowest BCUT2D eigenvalue weighted by atomic mass is 10.1. The number of aliphatic hydroxyl groups is 5. The van der Waals surface area contributed by atoms with Crippen molar-refractivity contribution >= 4 is 80.2 Å². The van der Waals surface area contributed by atoms with E-state index in [-0.39, 0.29) is 42.1 Å². The third kappa shape index (κ3) is 7.11. The number of carbonyl (C=O) groups excluding carboxylic acids is 3. The minimum Gasteiger partial charge on any atom is -0.394 e. The number of carbonyl (C=O) groups is 3. The summed E-state index contributed by atoms with van der Waals surface area (Å²) in [4.78, 5) is 37.0. The van der Waals surface area contributed by atoms with Crippen molar-refractivity contribution in [1.82, 2.24) is 10.6 Å². The monoisotopic (exact) mass is 671 g/mol. The first-order valence-electron chi connectivity index (χ1n) is 8.34. The predicted octanol–water partition coefficient (Wildman–Crippen LogP) is -1.35. The molecule has 2 unspecified atom stereocenters. The van der Waals surface area contributed by atoms with Gasteiger partial charge in [0.15, 0.2) is 0 Å². The van der Waals surface area contributed by atoms with Crippen LogP contribution in [0.25, 0.3) is 0 Å². The Bertz CT molecular complexity index is 758. The smallest absolute Gasteiger partial charge is 0.254 e. The molecule has 11 nitrogen and oxygen atoms in total. The van der Waals surface area contributed by atoms with Gasteiger partial charge >= 0.3 is 0 Å². The van der Waals surface area contributed by atoms with Crippen LogP contribution in [-0.4, -0.2) is 88.4 Å². The highest BCUT2D eigenvalue weighted by Crippen LogP contribution is 2.37. The van der Waals surface area contributed by atoms with Crippen LogP contribution < -0.4 is 16.0 Å². The number of hydrogen-bond acceptors (Lipinski definition) is 8. The average molecular weight is 672 g/mol. The molecule has 168 valence electrons. The Labute approximate surface area is 203 Å². The number of halogens is 3. The standard InChI is InChI=1S/C16H20ClI2N3O8/c17-11-9(15(29)20-1-6(26)3-23)12(18)14(22-8(28)5-25)13(19)10(11)16(30)21-2-7(27)4-24/h6-7,23-27H,1-5H2,(H,20,29)(H,21,30)(H,22,28). The maximum atomic E-state index is 12.7. The van der Waals surface area contributed by atoms with Crippen LogP contribution in [-0.2, 0) is 4.79 Å². The van der Waals surface area contributed by atoms with Crippen LogP contribution in [0.3, 0.4) is 0 Å². The van der Waals surface area contributed by atoms with E-state index in [1.807, 2.05) is 0 Å². The predicted molar refractivity (Wildman–Crippen MR) is 123 cm³/mol. The Morgan fingerprint density at radius 1 is 0.867 bits per heavy atom. The summed E-state index contributed by atoms with van der Waals surface area (Å²) in [6.07, 6.45) is -2.43. The van der Waals surface area contributed by atoms with E-state index >= 15 is 0 Å². The highest BCUT2D eigenvalue weighted by Gasteiger charge is 2.29. The fraction of sp³-hybridized carbons (Fsp3) is 0.438. The summed E-state index contributed by atoms with van der Waals surface area (Å²) in [6.45, 7) is -2.61. The second kappa shape index (κ2) is 12.9. The SMILES string of the molecule is O=C(CO)Nc1c(I)c(C(=O)NCC(O)CO)c(Cl)c(C(=O)NCC(O)CO)c1I. The van der Waals surface area contributed by atoms with E-state index in [0.717, 1.165) is 0 Å². The molecule has 0 radical (unpaired) electrons. The fourth-order valence-corrected chi connectivity index (χ4v) is 5.11. The Morgan fingerprint density at radius 3 is 1.60 bits per heavy atom. The maximum Gasteiger partial charge on any atom is 0.254 e. The van der Waals surface area contributed by atoms with Crippen LogP contribution in [0.15, 0.2) is 0 Å². The summed E-state index contributed by atoms with van der Waals surface area (Å²) >= 11 is 9.81. The van der Waals surface area contributed by atoms with E-state index in [2.05, 4.69) is 16.0 Å². The Balaban J connectivity index is 3.48. The van der Waals surface area contributed by atoms with Crippen LogP contribution in [0.4, 0.5) is 5.69 Å². The first-order chi connectivity index (χ1) is 14.1. The molecule has 14 heteroatoms. The van der Waals surface area contributed by atoms with Crippen LogP contribution >= 0.6 is 56.8 Å². The number of rotatable bonds is 10. The van der Waals surface area contributed by atoms with Gasteiger partial charge in [-0.25, -0.2) is 0 Å². The first-order valence-corrected chi connectivity index (χ1v) is 10.9. The van der Waals surface area contributed by atoms with Gasteiger partial charge in [0.05, 0.1) is 54.4 Å². The van der Waals surface area contributed by atoms with Crippen LogP contribution in [0, 0.1) is 7.14 Å². The van der Waals surface area contributed by atoms with Gasteiger partial charge in [-0.1, -0.05) is 11.6 Å². The van der Waals surface area contributed by atoms with Crippen LogP contribution in [0.5, 0.6) is 0 Å². The number of amides is 3. The summed E-state index contributed by atoms with van der Waals surface area (Å²) in [5, 5.41) is 52.5. The second-order valence-corrected chi connectivity index (χ2v) is 8.40. The van der Waals surface area contributed by atoms with Crippen molar-refractivity contribution < 1.29 is 39.9 Å². The third-order valence-electron chi connectivity index (χ3n) is 3.60. The van der Waals surface area contributed by atoms with Crippen molar-refractivity contribution in [2.75, 3.05) is 38.2 Å². The van der Waals surface area contributed by atoms with Gasteiger partial charge in [0.2, 0.25) is 5.91 Å². The fourth-order valence-electron chi connectivity index (χ4n) is 2.08. The molecule has 0 fully saturated rings. The van der Waals surface area contributed by atoms with Gasteiger partial charge in [0, 0.05) is 13.1 Å². The van der Waals surface area contributed by atoms with Gasteiger partial charge in [-0.05, 0) is 45.2 Å². The first kappa shape index (κ1) is 27.2. The molecule has 0 aliphatic rings. The number of nitrogens with one attached hydrogen (secondary N) is 3. The van der Waals surface area contributed by atoms with Crippen molar-refractivity contribution in [2.45, 2.75) is 12.2 Å². The quantitative estimate of drug-likeness (QED) is 0.140. The summed E-state index contributed by atoms with van der Waals surface area (Å²) < 4.78 is 0.346. The molecule has 0 heterocycles. The molecule has 8 N–H and O–H groups in total. The van der Waals surface area contributed by atoms with Crippen molar-refractivity contribution in [3.05, 3.63) is 23.3 Å². The molecule has 30 heavy (non-hydrogen) atoms. The Hall–Kier alpha value is -0.820. The van der Waals surface area contributed by atoms with Gasteiger partial charge < -0.3 is 41.5 Å². The molecule has 0 saturated heterocycles. The molecule has 3 amide bonds. The summed E-state index contributed by atoms with van der Waals surface area (Å²) in [7, 11) is 0. The highest BCUT2D eigenvalue weighted by molar-refractivity contribution is 14.1. The highest BCUT2D eigenvalue weighted by atomic mass is 127. The van der Waals surface area contributed by atoms with E-state index in [0.29, 0.717) is 0 Å². The lowest BCUT2D eigenvalue weighted by Gasteiger charge is -2.20. The van der Waals surface area contributed by atoms with Gasteiger partial charge in [-0.3, -0.25) is 14.4 Å². The van der Waals surface area contributed by atoms with Crippen molar-refractivity contribution in [3.8, 4) is 0 Å². The van der Waals surface area contributed by atoms with Gasteiger partial charge in [-0.15, -0.1) is 0 Å². The zero-order chi connectivity index (χ0) is 23.0. The summed E-state index contributed by atoms with van der Waals surface area (Å²) in [6, 6.07) is 0. The van der Waals surface area contributed by atoms with Crippen LogP contribution in [0.1, 0.15) is 20.7 Å². The molecule has 1 rings (SSSR count). The molecular formula is C16H20ClI2N3O8. The maximum absolute atomic E-state index is 12.7. The molecular weight excluding hydrogens is 651 g/mol. The molecule has 2 atom stereocenters. The van der Waals surface area contributed by atoms with E-state index < -0.39 is 49.8 Å². The molecule has 1 aromatic rings. The second-order valence-electron chi connectivity index (χ2n) is 5.87. The van der Waals surface area contributed by atoms with Gasteiger partial charge in [0.1, 0.15) is 6.61 Å². The largest absolute Gasteiger partial charge is 0.394 e. The zero-order valence-corrected chi connectivity index (χ0v) is 20.4. The zero-order valence-electron chi connectivity index (χ0n) is 15.3. The lowest BCUT2D eigenvalue weighted by Crippen LogP contribution is -2.36. The molecule has 0 bridgehead atoms. The van der Waals surface area contributed by atoms with Crippen molar-refractivity contribution in [1.29, 1.82) is 0 Å². The number of benzene rings is 1. The molecule has 0 aromatic heterocycles. The Morgan fingerprint density at radius 2 is 1.27 bits per heavy atom. The normalized spacial score (nSPS) is 12.8. The van der Waals surface area contributed by atoms with E-state index in [1.54, 1.807) is 45.2 Å². The topological polar surface area (TPSA) is 188 Å². The summed E-state index contributed by atoms with van der Waals surface area (Å²) in [5.74, 6) is -2.35. The molecule has 0 saturated carbocycles. The molecule has 0 aliphatic carbocycles. The minimum atomic E-state index is -1.22. The average Bonchev–Trinajstić information content (AvgIpc) is 2.72. The molecule has 1 aromatic carbocycles. The Kier molecular flexibility index (Phi) is 11.7. The van der Waals surface area contributed by atoms with Crippen molar-refractivity contribution in [3.63, 3.8) is 0 Å². The third-order valence-corrected chi connectivity index (χ3v) is 6.13. The van der Waals surface area contributed by atoms with E-state index in [9.17, 15) is 24.6 Å². The molecule has 0 spiro atoms. The minimum absolute atomic E-state index is 0.0559. The number of anilines is 1. The van der Waals surface area contributed by atoms with Gasteiger partial charge in [0.25, 0.3) is 11.8 Å². The number of hydrogen-bond donors (Lipinski definition) is 8. The summed E-state index contributed by atoms with van der Waals surface area (Å²) in [5.41, 5.74) is -0.298. The van der Waals surface area contributed by atoms with Crippen LogP contribution in [0.2, 0.25) is 5.02 Å². The van der Waals surface area contributed by atoms with Gasteiger partial charge in [-0.2, -0.15) is 0 Å². The molecule has 0 aliphatic heterocycles.